The summed E-state index contributed by atoms with van der Waals surface area (Å²) in [4.78, 5) is 30.2. The predicted octanol–water partition coefficient (Wildman–Crippen LogP) is 1.04. The predicted molar refractivity (Wildman–Crippen MR) is 94.9 cm³/mol. The van der Waals surface area contributed by atoms with E-state index in [1.807, 2.05) is 12.1 Å². The lowest BCUT2D eigenvalue weighted by atomic mass is 10.00. The number of unbranched alkanes of at least 4 members (excludes halogenated alkanes) is 1. The zero-order valence-corrected chi connectivity index (χ0v) is 15.1. The Kier molecular flexibility index (Phi) is 5.76. The van der Waals surface area contributed by atoms with Gasteiger partial charge in [-0.1, -0.05) is 11.6 Å². The van der Waals surface area contributed by atoms with Crippen LogP contribution in [0.2, 0.25) is 4.34 Å². The topological polar surface area (TPSA) is 78.7 Å². The molecule has 2 aliphatic rings. The number of hydrogen-bond acceptors (Lipinski definition) is 5. The molecule has 1 aromatic rings. The zero-order chi connectivity index (χ0) is 17.1. The first kappa shape index (κ1) is 17.7. The van der Waals surface area contributed by atoms with Crippen molar-refractivity contribution >= 4 is 34.8 Å². The number of carbonyl (C=O) groups excluding carboxylic acids is 2. The van der Waals surface area contributed by atoms with E-state index in [1.54, 1.807) is 16.2 Å². The molecule has 8 heteroatoms. The first-order valence-electron chi connectivity index (χ1n) is 8.36. The van der Waals surface area contributed by atoms with Crippen molar-refractivity contribution < 1.29 is 9.59 Å². The number of thiophene rings is 1. The standard InChI is InChI=1S/C16H23ClN4O2S/c17-14-5-4-11(24-14)9-20-7-8-21-13(10-20)15(22)19-12(16(21)23)3-1-2-6-18/h4-5,12-13H,1-3,6-10,18H2,(H,19,22)/t12-,13+/m0/s1. The fraction of sp³-hybridized carbons (Fsp3) is 0.625. The van der Waals surface area contributed by atoms with E-state index in [9.17, 15) is 9.59 Å². The molecule has 0 radical (unpaired) electrons. The maximum Gasteiger partial charge on any atom is 0.245 e. The molecule has 2 saturated heterocycles. The summed E-state index contributed by atoms with van der Waals surface area (Å²) >= 11 is 7.53. The van der Waals surface area contributed by atoms with Gasteiger partial charge in [-0.2, -0.15) is 0 Å². The Bertz CT molecular complexity index is 609. The van der Waals surface area contributed by atoms with Gasteiger partial charge in [0.1, 0.15) is 12.1 Å². The summed E-state index contributed by atoms with van der Waals surface area (Å²) in [5, 5.41) is 2.90. The van der Waals surface area contributed by atoms with Gasteiger partial charge in [0.2, 0.25) is 11.8 Å². The molecule has 3 rings (SSSR count). The van der Waals surface area contributed by atoms with Crippen molar-refractivity contribution in [1.29, 1.82) is 0 Å². The van der Waals surface area contributed by atoms with Gasteiger partial charge in [-0.25, -0.2) is 0 Å². The van der Waals surface area contributed by atoms with Crippen molar-refractivity contribution in [1.82, 2.24) is 15.1 Å². The van der Waals surface area contributed by atoms with Crippen LogP contribution in [0.5, 0.6) is 0 Å². The minimum Gasteiger partial charge on any atom is -0.342 e. The summed E-state index contributed by atoms with van der Waals surface area (Å²) < 4.78 is 0.773. The van der Waals surface area contributed by atoms with Crippen LogP contribution in [0.1, 0.15) is 24.1 Å². The molecule has 0 aliphatic carbocycles. The van der Waals surface area contributed by atoms with Gasteiger partial charge in [0.15, 0.2) is 0 Å². The normalized spacial score (nSPS) is 24.8. The number of halogens is 1. The minimum atomic E-state index is -0.386. The van der Waals surface area contributed by atoms with Crippen LogP contribution in [-0.2, 0) is 16.1 Å². The van der Waals surface area contributed by atoms with E-state index in [0.717, 1.165) is 30.3 Å². The molecular formula is C16H23ClN4O2S. The zero-order valence-electron chi connectivity index (χ0n) is 13.5. The van der Waals surface area contributed by atoms with Crippen LogP contribution in [0.3, 0.4) is 0 Å². The first-order chi connectivity index (χ1) is 11.6. The summed E-state index contributed by atoms with van der Waals surface area (Å²) in [6, 6.07) is 3.13. The van der Waals surface area contributed by atoms with Gasteiger partial charge in [-0.05, 0) is 37.9 Å². The Morgan fingerprint density at radius 1 is 1.29 bits per heavy atom. The SMILES string of the molecule is NCCCC[C@@H]1NC(=O)[C@H]2CN(Cc3ccc(Cl)s3)CCN2C1=O. The molecule has 132 valence electrons. The lowest BCUT2D eigenvalue weighted by Gasteiger charge is -2.45. The smallest absolute Gasteiger partial charge is 0.245 e. The molecule has 0 aromatic carbocycles. The number of piperazine rings is 2. The third-order valence-electron chi connectivity index (χ3n) is 4.62. The van der Waals surface area contributed by atoms with Gasteiger partial charge in [-0.15, -0.1) is 11.3 Å². The Labute approximate surface area is 150 Å². The Hall–Kier alpha value is -1.15. The number of rotatable bonds is 6. The Morgan fingerprint density at radius 2 is 2.12 bits per heavy atom. The number of fused-ring (bicyclic) bond motifs is 1. The molecule has 2 atom stereocenters. The lowest BCUT2D eigenvalue weighted by molar-refractivity contribution is -0.153. The maximum atomic E-state index is 12.6. The van der Waals surface area contributed by atoms with E-state index in [2.05, 4.69) is 10.2 Å². The van der Waals surface area contributed by atoms with Crippen LogP contribution in [0.25, 0.3) is 0 Å². The van der Waals surface area contributed by atoms with E-state index in [0.29, 0.717) is 26.1 Å². The summed E-state index contributed by atoms with van der Waals surface area (Å²) in [7, 11) is 0. The number of amides is 2. The fourth-order valence-corrected chi connectivity index (χ4v) is 4.48. The first-order valence-corrected chi connectivity index (χ1v) is 9.55. The number of nitrogens with one attached hydrogen (secondary N) is 1. The highest BCUT2D eigenvalue weighted by molar-refractivity contribution is 7.16. The summed E-state index contributed by atoms with van der Waals surface area (Å²) in [6.45, 7) is 3.33. The van der Waals surface area contributed by atoms with Crippen LogP contribution < -0.4 is 11.1 Å². The van der Waals surface area contributed by atoms with Crippen LogP contribution in [0.15, 0.2) is 12.1 Å². The minimum absolute atomic E-state index is 0.0405. The third-order valence-corrected chi connectivity index (χ3v) is 5.84. The van der Waals surface area contributed by atoms with Gasteiger partial charge in [0.25, 0.3) is 0 Å². The van der Waals surface area contributed by atoms with Crippen LogP contribution in [0, 0.1) is 0 Å². The molecule has 2 fully saturated rings. The average Bonchev–Trinajstić information content (AvgIpc) is 2.97. The van der Waals surface area contributed by atoms with E-state index in [1.165, 1.54) is 4.88 Å². The van der Waals surface area contributed by atoms with Crippen LogP contribution in [0.4, 0.5) is 0 Å². The highest BCUT2D eigenvalue weighted by Crippen LogP contribution is 2.25. The van der Waals surface area contributed by atoms with Crippen LogP contribution in [-0.4, -0.2) is 59.9 Å². The van der Waals surface area contributed by atoms with Gasteiger partial charge < -0.3 is 16.0 Å². The lowest BCUT2D eigenvalue weighted by Crippen LogP contribution is -2.69. The van der Waals surface area contributed by atoms with Gasteiger partial charge in [0, 0.05) is 31.1 Å². The highest BCUT2D eigenvalue weighted by Gasteiger charge is 2.42. The average molecular weight is 371 g/mol. The second-order valence-corrected chi connectivity index (χ2v) is 8.13. The summed E-state index contributed by atoms with van der Waals surface area (Å²) in [5.74, 6) is 0.0108. The molecule has 1 aromatic heterocycles. The molecule has 0 unspecified atom stereocenters. The molecule has 0 saturated carbocycles. The molecule has 24 heavy (non-hydrogen) atoms. The second-order valence-electron chi connectivity index (χ2n) is 6.33. The quantitative estimate of drug-likeness (QED) is 0.733. The molecule has 0 spiro atoms. The van der Waals surface area contributed by atoms with E-state index in [-0.39, 0.29) is 23.9 Å². The monoisotopic (exact) mass is 370 g/mol. The number of hydrogen-bond donors (Lipinski definition) is 2. The molecule has 0 bridgehead atoms. The largest absolute Gasteiger partial charge is 0.342 e. The molecule has 6 nitrogen and oxygen atoms in total. The van der Waals surface area contributed by atoms with Gasteiger partial charge >= 0.3 is 0 Å². The van der Waals surface area contributed by atoms with E-state index in [4.69, 9.17) is 17.3 Å². The highest BCUT2D eigenvalue weighted by atomic mass is 35.5. The van der Waals surface area contributed by atoms with Crippen molar-refractivity contribution in [2.75, 3.05) is 26.2 Å². The number of nitrogens with two attached hydrogens (primary N) is 1. The van der Waals surface area contributed by atoms with Crippen molar-refractivity contribution in [3.05, 3.63) is 21.3 Å². The van der Waals surface area contributed by atoms with Gasteiger partial charge in [-0.3, -0.25) is 14.5 Å². The van der Waals surface area contributed by atoms with E-state index < -0.39 is 0 Å². The number of carbonyl (C=O) groups is 2. The van der Waals surface area contributed by atoms with E-state index >= 15 is 0 Å². The van der Waals surface area contributed by atoms with Gasteiger partial charge in [0.05, 0.1) is 4.34 Å². The van der Waals surface area contributed by atoms with Crippen molar-refractivity contribution in [3.8, 4) is 0 Å². The second kappa shape index (κ2) is 7.82. The summed E-state index contributed by atoms with van der Waals surface area (Å²) in [5.41, 5.74) is 5.50. The number of nitrogens with zero attached hydrogens (tertiary/aromatic N) is 2. The fourth-order valence-electron chi connectivity index (χ4n) is 3.35. The molecular weight excluding hydrogens is 348 g/mol. The molecule has 2 amide bonds. The van der Waals surface area contributed by atoms with Crippen LogP contribution >= 0.6 is 22.9 Å². The molecule has 3 heterocycles. The summed E-state index contributed by atoms with van der Waals surface area (Å²) in [6.07, 6.45) is 2.40. The van der Waals surface area contributed by atoms with Crippen molar-refractivity contribution in [3.63, 3.8) is 0 Å². The van der Waals surface area contributed by atoms with Crippen molar-refractivity contribution in [2.45, 2.75) is 37.9 Å². The molecule has 3 N–H and O–H groups in total. The molecule has 2 aliphatic heterocycles. The maximum absolute atomic E-state index is 12.6. The Balaban J connectivity index is 1.59. The third kappa shape index (κ3) is 3.91. The Morgan fingerprint density at radius 3 is 2.83 bits per heavy atom. The van der Waals surface area contributed by atoms with Crippen molar-refractivity contribution in [2.24, 2.45) is 5.73 Å².